The molecule has 0 atom stereocenters. The molecule has 0 aliphatic heterocycles. The van der Waals surface area contributed by atoms with E-state index in [4.69, 9.17) is 25.5 Å². The molecular weight excluding hydrogens is 452 g/mol. The van der Waals surface area contributed by atoms with Gasteiger partial charge in [0.25, 0.3) is 0 Å². The van der Waals surface area contributed by atoms with Crippen molar-refractivity contribution in [2.24, 2.45) is 0 Å². The molecule has 0 aliphatic rings. The van der Waals surface area contributed by atoms with Crippen LogP contribution in [0, 0.1) is 0 Å². The van der Waals surface area contributed by atoms with E-state index in [9.17, 15) is 9.59 Å². The van der Waals surface area contributed by atoms with Crippen molar-refractivity contribution in [1.82, 2.24) is 0 Å². The van der Waals surface area contributed by atoms with Gasteiger partial charge >= 0.3 is 5.97 Å². The molecule has 0 bridgehead atoms. The van der Waals surface area contributed by atoms with Gasteiger partial charge in [-0.3, -0.25) is 4.79 Å². The summed E-state index contributed by atoms with van der Waals surface area (Å²) in [7, 11) is 0. The van der Waals surface area contributed by atoms with Crippen LogP contribution in [0.3, 0.4) is 0 Å². The summed E-state index contributed by atoms with van der Waals surface area (Å²) in [6.07, 6.45) is 4.28. The number of rotatable bonds is 5. The molecule has 0 saturated carbocycles. The Kier molecular flexibility index (Phi) is 5.85. The quantitative estimate of drug-likeness (QED) is 0.158. The highest BCUT2D eigenvalue weighted by atomic mass is 35.5. The van der Waals surface area contributed by atoms with E-state index in [2.05, 4.69) is 0 Å². The Morgan fingerprint density at radius 3 is 2.53 bits per heavy atom. The summed E-state index contributed by atoms with van der Waals surface area (Å²) in [6.45, 7) is 0. The Hall–Kier alpha value is -4.35. The highest BCUT2D eigenvalue weighted by Crippen LogP contribution is 2.29. The number of hydrogen-bond acceptors (Lipinski definition) is 5. The minimum absolute atomic E-state index is 0.00312. The summed E-state index contributed by atoms with van der Waals surface area (Å²) < 4.78 is 16.6. The number of hydrogen-bond donors (Lipinski definition) is 0. The number of esters is 1. The third kappa shape index (κ3) is 4.42. The molecular formula is C28H17ClO5. The van der Waals surface area contributed by atoms with Gasteiger partial charge in [0.1, 0.15) is 23.3 Å². The van der Waals surface area contributed by atoms with Crippen LogP contribution in [0.15, 0.2) is 106 Å². The van der Waals surface area contributed by atoms with E-state index in [0.717, 1.165) is 16.3 Å². The molecule has 1 heterocycles. The van der Waals surface area contributed by atoms with Crippen molar-refractivity contribution in [3.63, 3.8) is 0 Å². The average molecular weight is 469 g/mol. The van der Waals surface area contributed by atoms with E-state index >= 15 is 0 Å². The average Bonchev–Trinajstić information content (AvgIpc) is 2.85. The predicted molar refractivity (Wildman–Crippen MR) is 133 cm³/mol. The first-order valence-electron chi connectivity index (χ1n) is 10.4. The molecule has 4 aromatic carbocycles. The van der Waals surface area contributed by atoms with E-state index in [-0.39, 0.29) is 27.9 Å². The van der Waals surface area contributed by atoms with Gasteiger partial charge < -0.3 is 13.9 Å². The number of ether oxygens (including phenoxy) is 2. The Labute approximate surface area is 199 Å². The SMILES string of the molecule is O=C(/C=C/c1cccc2ccccc12)Oc1ccc2c(=O)c(Oc3ccccc3Cl)coc2c1. The number of carbonyl (C=O) groups is 1. The van der Waals surface area contributed by atoms with Gasteiger partial charge in [-0.05, 0) is 46.7 Å². The van der Waals surface area contributed by atoms with Crippen molar-refractivity contribution >= 4 is 45.4 Å². The standard InChI is InChI=1S/C28H17ClO5/c29-23-10-3-4-11-24(23)34-26-17-32-25-16-20(13-14-22(25)28(26)31)33-27(30)15-12-19-8-5-7-18-6-1-2-9-21(18)19/h1-17H/b15-12+. The van der Waals surface area contributed by atoms with Crippen molar-refractivity contribution in [2.45, 2.75) is 0 Å². The highest BCUT2D eigenvalue weighted by molar-refractivity contribution is 6.32. The normalized spacial score (nSPS) is 11.2. The van der Waals surface area contributed by atoms with Crippen LogP contribution < -0.4 is 14.9 Å². The van der Waals surface area contributed by atoms with Crippen molar-refractivity contribution in [2.75, 3.05) is 0 Å². The zero-order valence-electron chi connectivity index (χ0n) is 17.7. The summed E-state index contributed by atoms with van der Waals surface area (Å²) in [6, 6.07) is 25.2. The molecule has 34 heavy (non-hydrogen) atoms. The molecule has 0 spiro atoms. The highest BCUT2D eigenvalue weighted by Gasteiger charge is 2.12. The smallest absolute Gasteiger partial charge is 0.336 e. The maximum Gasteiger partial charge on any atom is 0.336 e. The van der Waals surface area contributed by atoms with Gasteiger partial charge in [0, 0.05) is 12.1 Å². The fourth-order valence-electron chi connectivity index (χ4n) is 3.57. The number of halogens is 1. The van der Waals surface area contributed by atoms with Crippen LogP contribution >= 0.6 is 11.6 Å². The van der Waals surface area contributed by atoms with Gasteiger partial charge in [-0.1, -0.05) is 66.2 Å². The second-order valence-electron chi connectivity index (χ2n) is 7.44. The van der Waals surface area contributed by atoms with Crippen LogP contribution in [0.1, 0.15) is 5.56 Å². The predicted octanol–water partition coefficient (Wildman–Crippen LogP) is 7.01. The summed E-state index contributed by atoms with van der Waals surface area (Å²) >= 11 is 6.10. The van der Waals surface area contributed by atoms with Gasteiger partial charge in [-0.2, -0.15) is 0 Å². The van der Waals surface area contributed by atoms with E-state index in [0.29, 0.717) is 10.8 Å². The summed E-state index contributed by atoms with van der Waals surface area (Å²) in [5, 5.41) is 2.79. The zero-order chi connectivity index (χ0) is 23.5. The van der Waals surface area contributed by atoms with Crippen molar-refractivity contribution in [3.8, 4) is 17.2 Å². The lowest BCUT2D eigenvalue weighted by Crippen LogP contribution is -2.06. The summed E-state index contributed by atoms with van der Waals surface area (Å²) in [4.78, 5) is 25.2. The summed E-state index contributed by atoms with van der Waals surface area (Å²) in [5.74, 6) is 0.0546. The van der Waals surface area contributed by atoms with Gasteiger partial charge in [0.15, 0.2) is 0 Å². The van der Waals surface area contributed by atoms with Crippen LogP contribution in [-0.2, 0) is 4.79 Å². The van der Waals surface area contributed by atoms with Crippen molar-refractivity contribution < 1.29 is 18.7 Å². The Morgan fingerprint density at radius 2 is 1.65 bits per heavy atom. The lowest BCUT2D eigenvalue weighted by atomic mass is 10.0. The fraction of sp³-hybridized carbons (Fsp3) is 0. The molecule has 0 N–H and O–H groups in total. The zero-order valence-corrected chi connectivity index (χ0v) is 18.5. The fourth-order valence-corrected chi connectivity index (χ4v) is 3.75. The van der Waals surface area contributed by atoms with Crippen LogP contribution in [0.2, 0.25) is 5.02 Å². The van der Waals surface area contributed by atoms with Crippen LogP contribution in [0.25, 0.3) is 27.8 Å². The molecule has 0 aliphatic carbocycles. The van der Waals surface area contributed by atoms with E-state index in [1.54, 1.807) is 30.3 Å². The van der Waals surface area contributed by atoms with Crippen LogP contribution in [0.4, 0.5) is 0 Å². The molecule has 6 heteroatoms. The van der Waals surface area contributed by atoms with Crippen LogP contribution in [-0.4, -0.2) is 5.97 Å². The number of para-hydroxylation sites is 1. The van der Waals surface area contributed by atoms with Crippen LogP contribution in [0.5, 0.6) is 17.2 Å². The maximum absolute atomic E-state index is 12.8. The lowest BCUT2D eigenvalue weighted by Gasteiger charge is -2.07. The molecule has 1 aromatic heterocycles. The molecule has 0 radical (unpaired) electrons. The summed E-state index contributed by atoms with van der Waals surface area (Å²) in [5.41, 5.74) is 0.806. The van der Waals surface area contributed by atoms with Crippen molar-refractivity contribution in [1.29, 1.82) is 0 Å². The van der Waals surface area contributed by atoms with Crippen molar-refractivity contribution in [3.05, 3.63) is 118 Å². The maximum atomic E-state index is 12.8. The monoisotopic (exact) mass is 468 g/mol. The van der Waals surface area contributed by atoms with E-state index in [1.165, 1.54) is 30.5 Å². The molecule has 0 saturated heterocycles. The molecule has 0 unspecified atom stereocenters. The first kappa shape index (κ1) is 21.5. The minimum Gasteiger partial charge on any atom is -0.460 e. The van der Waals surface area contributed by atoms with E-state index in [1.807, 2.05) is 42.5 Å². The second kappa shape index (κ2) is 9.25. The van der Waals surface area contributed by atoms with E-state index < -0.39 is 5.97 Å². The molecule has 0 amide bonds. The topological polar surface area (TPSA) is 65.7 Å². The first-order chi connectivity index (χ1) is 16.6. The Morgan fingerprint density at radius 1 is 0.853 bits per heavy atom. The molecule has 5 nitrogen and oxygen atoms in total. The number of carbonyl (C=O) groups excluding carboxylic acids is 1. The van der Waals surface area contributed by atoms with Gasteiger partial charge in [0.05, 0.1) is 10.4 Å². The molecule has 5 aromatic rings. The third-order valence-corrected chi connectivity index (χ3v) is 5.52. The Bertz CT molecular complexity index is 1610. The third-order valence-electron chi connectivity index (χ3n) is 5.21. The number of fused-ring (bicyclic) bond motifs is 2. The lowest BCUT2D eigenvalue weighted by molar-refractivity contribution is -0.128. The molecule has 5 rings (SSSR count). The molecule has 0 fully saturated rings. The van der Waals surface area contributed by atoms with Gasteiger partial charge in [-0.25, -0.2) is 4.79 Å². The van der Waals surface area contributed by atoms with Gasteiger partial charge in [0.2, 0.25) is 11.2 Å². The second-order valence-corrected chi connectivity index (χ2v) is 7.85. The largest absolute Gasteiger partial charge is 0.460 e. The number of benzene rings is 4. The minimum atomic E-state index is -0.548. The Balaban J connectivity index is 1.35. The van der Waals surface area contributed by atoms with Gasteiger partial charge in [-0.15, -0.1) is 0 Å². The molecule has 166 valence electrons. The first-order valence-corrected chi connectivity index (χ1v) is 10.8.